The number of hydrogen-bond donors (Lipinski definition) is 1. The van der Waals surface area contributed by atoms with Gasteiger partial charge >= 0.3 is 0 Å². The van der Waals surface area contributed by atoms with Crippen LogP contribution in [0.25, 0.3) is 0 Å². The Labute approximate surface area is 163 Å². The first-order valence-electron chi connectivity index (χ1n) is 9.50. The maximum absolute atomic E-state index is 12.7. The molecule has 4 rings (SSSR count). The van der Waals surface area contributed by atoms with E-state index in [0.29, 0.717) is 19.4 Å². The molecular formula is C20H24N4O4. The fourth-order valence-electron chi connectivity index (χ4n) is 3.40. The van der Waals surface area contributed by atoms with Gasteiger partial charge in [0.2, 0.25) is 12.9 Å². The summed E-state index contributed by atoms with van der Waals surface area (Å²) in [6.07, 6.45) is 2.49. The van der Waals surface area contributed by atoms with Crippen LogP contribution in [0.1, 0.15) is 36.7 Å². The molecule has 0 spiro atoms. The number of carbonyl (C=O) groups is 1. The number of hydrogen-bond acceptors (Lipinski definition) is 6. The molecule has 2 aliphatic rings. The van der Waals surface area contributed by atoms with E-state index in [1.165, 1.54) is 0 Å². The number of carbonyl (C=O) groups excluding carboxylic acids is 1. The number of nitrogens with one attached hydrogen (secondary N) is 1. The fraction of sp³-hybridized carbons (Fsp3) is 0.450. The predicted molar refractivity (Wildman–Crippen MR) is 102 cm³/mol. The number of fused-ring (bicyclic) bond motifs is 1. The summed E-state index contributed by atoms with van der Waals surface area (Å²) in [6, 6.07) is 7.81. The van der Waals surface area contributed by atoms with Gasteiger partial charge in [0, 0.05) is 19.9 Å². The lowest BCUT2D eigenvalue weighted by molar-refractivity contribution is -0.141. The molecule has 2 aromatic rings. The first-order valence-corrected chi connectivity index (χ1v) is 9.50. The highest BCUT2D eigenvalue weighted by molar-refractivity contribution is 5.94. The third-order valence-electron chi connectivity index (χ3n) is 4.82. The molecule has 1 amide bonds. The van der Waals surface area contributed by atoms with Gasteiger partial charge in [-0.15, -0.1) is 0 Å². The lowest BCUT2D eigenvalue weighted by atomic mass is 10.0. The smallest absolute Gasteiger partial charge is 0.266 e. The first kappa shape index (κ1) is 18.3. The highest BCUT2D eigenvalue weighted by atomic mass is 16.7. The molecule has 0 saturated carbocycles. The number of nitrogens with zero attached hydrogens (tertiary/aromatic N) is 3. The lowest BCUT2D eigenvalue weighted by Gasteiger charge is -2.18. The van der Waals surface area contributed by atoms with Crippen molar-refractivity contribution in [3.8, 4) is 11.5 Å². The van der Waals surface area contributed by atoms with E-state index in [-0.39, 0.29) is 12.7 Å². The van der Waals surface area contributed by atoms with E-state index >= 15 is 0 Å². The monoisotopic (exact) mass is 384 g/mol. The van der Waals surface area contributed by atoms with Crippen LogP contribution in [0.3, 0.4) is 0 Å². The second kappa shape index (κ2) is 7.92. The van der Waals surface area contributed by atoms with Crippen molar-refractivity contribution in [2.24, 2.45) is 5.16 Å². The van der Waals surface area contributed by atoms with E-state index in [1.807, 2.05) is 24.3 Å². The molecule has 1 aromatic carbocycles. The van der Waals surface area contributed by atoms with Gasteiger partial charge < -0.3 is 19.2 Å². The SMILES string of the molecule is CCCc1cc(CN(C)C(=O)[C@H]2CC(Cc3ccc4c(c3)OCO4)=NO2)[nH]n1. The molecule has 0 fully saturated rings. The molecule has 1 N–H and O–H groups in total. The van der Waals surface area contributed by atoms with Crippen LogP contribution in [0.4, 0.5) is 0 Å². The minimum atomic E-state index is -0.577. The largest absolute Gasteiger partial charge is 0.454 e. The molecule has 0 saturated heterocycles. The molecule has 0 bridgehead atoms. The van der Waals surface area contributed by atoms with Crippen LogP contribution in [0.15, 0.2) is 29.4 Å². The Kier molecular flexibility index (Phi) is 5.18. The van der Waals surface area contributed by atoms with E-state index < -0.39 is 6.10 Å². The Morgan fingerprint density at radius 1 is 1.29 bits per heavy atom. The molecule has 0 radical (unpaired) electrons. The number of H-pyrrole nitrogens is 1. The van der Waals surface area contributed by atoms with E-state index in [9.17, 15) is 4.79 Å². The number of aromatic nitrogens is 2. The molecule has 8 nitrogen and oxygen atoms in total. The summed E-state index contributed by atoms with van der Waals surface area (Å²) in [4.78, 5) is 19.7. The quantitative estimate of drug-likeness (QED) is 0.792. The van der Waals surface area contributed by atoms with Gasteiger partial charge in [0.05, 0.1) is 23.6 Å². The van der Waals surface area contributed by atoms with Gasteiger partial charge in [-0.25, -0.2) is 0 Å². The Morgan fingerprint density at radius 3 is 3.00 bits per heavy atom. The summed E-state index contributed by atoms with van der Waals surface area (Å²) in [7, 11) is 1.77. The molecule has 148 valence electrons. The predicted octanol–water partition coefficient (Wildman–Crippen LogP) is 2.44. The van der Waals surface area contributed by atoms with Crippen LogP contribution in [-0.4, -0.2) is 46.7 Å². The van der Waals surface area contributed by atoms with Crippen molar-refractivity contribution in [3.63, 3.8) is 0 Å². The number of benzene rings is 1. The average Bonchev–Trinajstić information content (AvgIpc) is 3.42. The zero-order valence-corrected chi connectivity index (χ0v) is 16.1. The maximum Gasteiger partial charge on any atom is 0.266 e. The molecule has 0 aliphatic carbocycles. The highest BCUT2D eigenvalue weighted by Gasteiger charge is 2.31. The van der Waals surface area contributed by atoms with E-state index in [1.54, 1.807) is 11.9 Å². The number of likely N-dealkylation sites (N-methyl/N-ethyl adjacent to an activating group) is 1. The number of oxime groups is 1. The molecule has 1 atom stereocenters. The second-order valence-electron chi connectivity index (χ2n) is 7.15. The summed E-state index contributed by atoms with van der Waals surface area (Å²) in [5.74, 6) is 1.41. The van der Waals surface area contributed by atoms with E-state index in [4.69, 9.17) is 14.3 Å². The van der Waals surface area contributed by atoms with Crippen molar-refractivity contribution >= 4 is 11.6 Å². The van der Waals surface area contributed by atoms with E-state index in [2.05, 4.69) is 22.3 Å². The van der Waals surface area contributed by atoms with Crippen molar-refractivity contribution < 1.29 is 19.1 Å². The van der Waals surface area contributed by atoms with Crippen molar-refractivity contribution in [2.45, 2.75) is 45.3 Å². The second-order valence-corrected chi connectivity index (χ2v) is 7.15. The number of ether oxygens (including phenoxy) is 2. The Bertz CT molecular complexity index is 892. The molecule has 1 aromatic heterocycles. The van der Waals surface area contributed by atoms with Crippen molar-refractivity contribution in [1.82, 2.24) is 15.1 Å². The van der Waals surface area contributed by atoms with Gasteiger partial charge in [-0.1, -0.05) is 24.6 Å². The Balaban J connectivity index is 1.30. The Morgan fingerprint density at radius 2 is 2.14 bits per heavy atom. The molecule has 3 heterocycles. The maximum atomic E-state index is 12.7. The summed E-state index contributed by atoms with van der Waals surface area (Å²) in [5, 5.41) is 11.4. The number of rotatable bonds is 7. The van der Waals surface area contributed by atoms with Crippen LogP contribution >= 0.6 is 0 Å². The van der Waals surface area contributed by atoms with Crippen LogP contribution in [0.5, 0.6) is 11.5 Å². The third kappa shape index (κ3) is 3.95. The topological polar surface area (TPSA) is 89.0 Å². The first-order chi connectivity index (χ1) is 13.6. The number of aromatic amines is 1. The third-order valence-corrected chi connectivity index (χ3v) is 4.82. The van der Waals surface area contributed by atoms with Crippen molar-refractivity contribution in [2.75, 3.05) is 13.8 Å². The summed E-state index contributed by atoms with van der Waals surface area (Å²) >= 11 is 0. The number of amides is 1. The molecule has 2 aliphatic heterocycles. The van der Waals surface area contributed by atoms with Gasteiger partial charge in [-0.2, -0.15) is 5.10 Å². The molecular weight excluding hydrogens is 360 g/mol. The fourth-order valence-corrected chi connectivity index (χ4v) is 3.40. The Hall–Kier alpha value is -3.03. The summed E-state index contributed by atoms with van der Waals surface area (Å²) in [6.45, 7) is 2.83. The standard InChI is InChI=1S/C20H24N4O4/c1-3-4-14-9-16(22-21-14)11-24(2)20(25)19-10-15(23-28-19)7-13-5-6-17-18(8-13)27-12-26-17/h5-6,8-9,19H,3-4,7,10-12H2,1-2H3,(H,21,22)/t19-/m1/s1. The zero-order chi connectivity index (χ0) is 19.5. The van der Waals surface area contributed by atoms with Gasteiger partial charge in [-0.3, -0.25) is 9.89 Å². The average molecular weight is 384 g/mol. The minimum Gasteiger partial charge on any atom is -0.454 e. The normalized spacial score (nSPS) is 17.4. The highest BCUT2D eigenvalue weighted by Crippen LogP contribution is 2.33. The van der Waals surface area contributed by atoms with Crippen LogP contribution in [0.2, 0.25) is 0 Å². The molecule has 28 heavy (non-hydrogen) atoms. The van der Waals surface area contributed by atoms with Gasteiger partial charge in [0.25, 0.3) is 5.91 Å². The number of aryl methyl sites for hydroxylation is 1. The van der Waals surface area contributed by atoms with Crippen LogP contribution in [-0.2, 0) is 29.0 Å². The van der Waals surface area contributed by atoms with Gasteiger partial charge in [-0.05, 0) is 30.2 Å². The molecule has 8 heteroatoms. The van der Waals surface area contributed by atoms with Crippen molar-refractivity contribution in [1.29, 1.82) is 0 Å². The lowest BCUT2D eigenvalue weighted by Crippen LogP contribution is -2.36. The molecule has 0 unspecified atom stereocenters. The van der Waals surface area contributed by atoms with Crippen LogP contribution in [0, 0.1) is 0 Å². The summed E-state index contributed by atoms with van der Waals surface area (Å²) < 4.78 is 10.7. The van der Waals surface area contributed by atoms with Crippen molar-refractivity contribution in [3.05, 3.63) is 41.2 Å². The minimum absolute atomic E-state index is 0.0870. The zero-order valence-electron chi connectivity index (χ0n) is 16.1. The van der Waals surface area contributed by atoms with Crippen LogP contribution < -0.4 is 9.47 Å². The summed E-state index contributed by atoms with van der Waals surface area (Å²) in [5.41, 5.74) is 3.83. The van der Waals surface area contributed by atoms with E-state index in [0.717, 1.165) is 47.0 Å². The van der Waals surface area contributed by atoms with Gasteiger partial charge in [0.15, 0.2) is 11.5 Å². The van der Waals surface area contributed by atoms with Gasteiger partial charge in [0.1, 0.15) is 0 Å².